The normalized spacial score (nSPS) is 11.4. The van der Waals surface area contributed by atoms with Gasteiger partial charge in [0.25, 0.3) is 15.0 Å². The summed E-state index contributed by atoms with van der Waals surface area (Å²) in [6, 6.07) is 4.36. The first-order valence-electron chi connectivity index (χ1n) is 6.15. The highest BCUT2D eigenvalue weighted by molar-refractivity contribution is 8.13. The lowest BCUT2D eigenvalue weighted by Crippen LogP contribution is -2.31. The molecular weight excluding hydrogens is 302 g/mol. The van der Waals surface area contributed by atoms with Crippen LogP contribution in [0.1, 0.15) is 19.4 Å². The standard InChI is InChI=1S/C13H18ClNO4S/c1-9(2)7-15-13(16)8-19-11-4-5-12(10(3)6-11)20(14,17)18/h4-6,9H,7-8H2,1-3H3,(H,15,16). The van der Waals surface area contributed by atoms with E-state index in [9.17, 15) is 13.2 Å². The third kappa shape index (κ3) is 5.38. The van der Waals surface area contributed by atoms with Crippen LogP contribution in [0.2, 0.25) is 0 Å². The van der Waals surface area contributed by atoms with Gasteiger partial charge in [0.1, 0.15) is 5.75 Å². The van der Waals surface area contributed by atoms with Crippen LogP contribution in [0.5, 0.6) is 5.75 Å². The van der Waals surface area contributed by atoms with Crippen LogP contribution in [0.4, 0.5) is 0 Å². The van der Waals surface area contributed by atoms with Gasteiger partial charge in [0, 0.05) is 17.2 Å². The molecule has 1 N–H and O–H groups in total. The first-order valence-corrected chi connectivity index (χ1v) is 8.46. The van der Waals surface area contributed by atoms with E-state index < -0.39 is 9.05 Å². The maximum absolute atomic E-state index is 11.5. The van der Waals surface area contributed by atoms with Crippen molar-refractivity contribution in [2.75, 3.05) is 13.2 Å². The van der Waals surface area contributed by atoms with Gasteiger partial charge in [0.15, 0.2) is 6.61 Å². The molecule has 20 heavy (non-hydrogen) atoms. The molecule has 1 rings (SSSR count). The zero-order valence-electron chi connectivity index (χ0n) is 11.6. The zero-order valence-corrected chi connectivity index (χ0v) is 13.2. The van der Waals surface area contributed by atoms with Crippen molar-refractivity contribution in [3.05, 3.63) is 23.8 Å². The summed E-state index contributed by atoms with van der Waals surface area (Å²) < 4.78 is 27.8. The monoisotopic (exact) mass is 319 g/mol. The molecule has 0 aromatic heterocycles. The SMILES string of the molecule is Cc1cc(OCC(=O)NCC(C)C)ccc1S(=O)(=O)Cl. The van der Waals surface area contributed by atoms with Crippen LogP contribution in [0.15, 0.2) is 23.1 Å². The average Bonchev–Trinajstić information content (AvgIpc) is 2.32. The lowest BCUT2D eigenvalue weighted by atomic mass is 10.2. The van der Waals surface area contributed by atoms with Crippen molar-refractivity contribution in [3.63, 3.8) is 0 Å². The minimum absolute atomic E-state index is 0.0378. The van der Waals surface area contributed by atoms with Gasteiger partial charge < -0.3 is 10.1 Å². The number of nitrogens with one attached hydrogen (secondary N) is 1. The number of ether oxygens (including phenoxy) is 1. The molecule has 0 atom stereocenters. The second kappa shape index (κ2) is 6.95. The number of rotatable bonds is 6. The summed E-state index contributed by atoms with van der Waals surface area (Å²) in [6.45, 7) is 6.08. The van der Waals surface area contributed by atoms with Crippen molar-refractivity contribution in [2.45, 2.75) is 25.7 Å². The molecule has 7 heteroatoms. The molecule has 0 unspecified atom stereocenters. The molecular formula is C13H18ClNO4S. The summed E-state index contributed by atoms with van der Waals surface area (Å²) in [5.41, 5.74) is 0.472. The molecule has 0 bridgehead atoms. The lowest BCUT2D eigenvalue weighted by molar-refractivity contribution is -0.123. The van der Waals surface area contributed by atoms with Gasteiger partial charge in [-0.1, -0.05) is 13.8 Å². The topological polar surface area (TPSA) is 72.5 Å². The van der Waals surface area contributed by atoms with E-state index in [2.05, 4.69) is 5.32 Å². The first-order chi connectivity index (χ1) is 9.20. The van der Waals surface area contributed by atoms with Crippen molar-refractivity contribution in [3.8, 4) is 5.75 Å². The minimum Gasteiger partial charge on any atom is -0.484 e. The third-order valence-electron chi connectivity index (χ3n) is 2.49. The van der Waals surface area contributed by atoms with E-state index >= 15 is 0 Å². The van der Waals surface area contributed by atoms with Crippen LogP contribution >= 0.6 is 10.7 Å². The number of halogens is 1. The highest BCUT2D eigenvalue weighted by Gasteiger charge is 2.14. The van der Waals surface area contributed by atoms with Crippen molar-refractivity contribution in [1.29, 1.82) is 0 Å². The van der Waals surface area contributed by atoms with E-state index in [1.807, 2.05) is 13.8 Å². The Hall–Kier alpha value is -1.27. The van der Waals surface area contributed by atoms with Crippen LogP contribution in [0, 0.1) is 12.8 Å². The Kier molecular flexibility index (Phi) is 5.83. The number of hydrogen-bond acceptors (Lipinski definition) is 4. The van der Waals surface area contributed by atoms with Gasteiger partial charge in [0.05, 0.1) is 4.90 Å². The number of carbonyl (C=O) groups excluding carboxylic acids is 1. The van der Waals surface area contributed by atoms with Gasteiger partial charge in [-0.2, -0.15) is 0 Å². The van der Waals surface area contributed by atoms with Gasteiger partial charge in [-0.15, -0.1) is 0 Å². The van der Waals surface area contributed by atoms with E-state index in [0.717, 1.165) is 0 Å². The van der Waals surface area contributed by atoms with Gasteiger partial charge in [-0.3, -0.25) is 4.79 Å². The van der Waals surface area contributed by atoms with Gasteiger partial charge in [-0.05, 0) is 36.6 Å². The summed E-state index contributed by atoms with van der Waals surface area (Å²) in [4.78, 5) is 11.5. The molecule has 0 aliphatic carbocycles. The molecule has 0 aliphatic heterocycles. The molecule has 0 saturated carbocycles. The second-order valence-corrected chi connectivity index (χ2v) is 7.39. The third-order valence-corrected chi connectivity index (χ3v) is 3.97. The highest BCUT2D eigenvalue weighted by atomic mass is 35.7. The molecule has 112 valence electrons. The van der Waals surface area contributed by atoms with Crippen LogP contribution in [-0.4, -0.2) is 27.5 Å². The molecule has 0 fully saturated rings. The fraction of sp³-hybridized carbons (Fsp3) is 0.462. The Bertz CT molecular complexity index is 584. The molecule has 1 aromatic rings. The highest BCUT2D eigenvalue weighted by Crippen LogP contribution is 2.23. The van der Waals surface area contributed by atoms with Crippen LogP contribution in [-0.2, 0) is 13.8 Å². The number of carbonyl (C=O) groups is 1. The minimum atomic E-state index is -3.76. The maximum Gasteiger partial charge on any atom is 0.261 e. The van der Waals surface area contributed by atoms with Gasteiger partial charge >= 0.3 is 0 Å². The predicted molar refractivity (Wildman–Crippen MR) is 77.6 cm³/mol. The lowest BCUT2D eigenvalue weighted by Gasteiger charge is -2.10. The summed E-state index contributed by atoms with van der Waals surface area (Å²) >= 11 is 0. The van der Waals surface area contributed by atoms with E-state index in [4.69, 9.17) is 15.4 Å². The summed E-state index contributed by atoms with van der Waals surface area (Å²) in [5.74, 6) is 0.575. The van der Waals surface area contributed by atoms with E-state index in [1.165, 1.54) is 18.2 Å². The van der Waals surface area contributed by atoms with Crippen molar-refractivity contribution in [2.24, 2.45) is 5.92 Å². The number of hydrogen-bond donors (Lipinski definition) is 1. The average molecular weight is 320 g/mol. The van der Waals surface area contributed by atoms with Gasteiger partial charge in [0.2, 0.25) is 0 Å². The molecule has 0 radical (unpaired) electrons. The molecule has 0 spiro atoms. The van der Waals surface area contributed by atoms with Crippen molar-refractivity contribution in [1.82, 2.24) is 5.32 Å². The van der Waals surface area contributed by atoms with Crippen LogP contribution in [0.3, 0.4) is 0 Å². The predicted octanol–water partition coefficient (Wildman–Crippen LogP) is 2.07. The first kappa shape index (κ1) is 16.8. The number of benzene rings is 1. The Morgan fingerprint density at radius 3 is 2.55 bits per heavy atom. The van der Waals surface area contributed by atoms with Gasteiger partial charge in [-0.25, -0.2) is 8.42 Å². The fourth-order valence-corrected chi connectivity index (χ4v) is 2.70. The molecule has 0 heterocycles. The molecule has 0 aliphatic rings. The molecule has 1 amide bonds. The summed E-state index contributed by atoms with van der Waals surface area (Å²) in [5, 5.41) is 2.72. The fourth-order valence-electron chi connectivity index (χ4n) is 1.50. The maximum atomic E-state index is 11.5. The van der Waals surface area contributed by atoms with Crippen LogP contribution < -0.4 is 10.1 Å². The molecule has 0 saturated heterocycles. The van der Waals surface area contributed by atoms with Crippen molar-refractivity contribution >= 4 is 25.6 Å². The number of aryl methyl sites for hydroxylation is 1. The summed E-state index contributed by atoms with van der Waals surface area (Å²) in [6.07, 6.45) is 0. The van der Waals surface area contributed by atoms with E-state index in [-0.39, 0.29) is 17.4 Å². The molecule has 5 nitrogen and oxygen atoms in total. The van der Waals surface area contributed by atoms with Crippen molar-refractivity contribution < 1.29 is 17.9 Å². The van der Waals surface area contributed by atoms with E-state index in [1.54, 1.807) is 6.92 Å². The Morgan fingerprint density at radius 2 is 2.05 bits per heavy atom. The Morgan fingerprint density at radius 1 is 1.40 bits per heavy atom. The van der Waals surface area contributed by atoms with Crippen LogP contribution in [0.25, 0.3) is 0 Å². The molecule has 1 aromatic carbocycles. The second-order valence-electron chi connectivity index (χ2n) is 4.85. The largest absolute Gasteiger partial charge is 0.484 e. The van der Waals surface area contributed by atoms with E-state index in [0.29, 0.717) is 23.8 Å². The quantitative estimate of drug-likeness (QED) is 0.815. The summed E-state index contributed by atoms with van der Waals surface area (Å²) in [7, 11) is 1.52. The number of amides is 1. The Balaban J connectivity index is 2.62. The Labute approximate surface area is 123 Å². The smallest absolute Gasteiger partial charge is 0.261 e. The zero-order chi connectivity index (χ0) is 15.3.